The maximum absolute atomic E-state index is 12.0. The number of carbonyl (C=O) groups is 1. The third-order valence-electron chi connectivity index (χ3n) is 4.26. The van der Waals surface area contributed by atoms with Crippen molar-refractivity contribution >= 4 is 5.91 Å². The summed E-state index contributed by atoms with van der Waals surface area (Å²) < 4.78 is 0. The fraction of sp³-hybridized carbons (Fsp3) is 0.588. The molecule has 0 spiro atoms. The number of phenolic OH excluding ortho intramolecular Hbond substituents is 1. The van der Waals surface area contributed by atoms with Crippen LogP contribution < -0.4 is 5.32 Å². The predicted molar refractivity (Wildman–Crippen MR) is 82.0 cm³/mol. The topological polar surface area (TPSA) is 69.6 Å². The van der Waals surface area contributed by atoms with E-state index in [2.05, 4.69) is 5.32 Å². The summed E-state index contributed by atoms with van der Waals surface area (Å²) >= 11 is 0. The van der Waals surface area contributed by atoms with Gasteiger partial charge in [-0.3, -0.25) is 4.79 Å². The molecule has 1 atom stereocenters. The van der Waals surface area contributed by atoms with E-state index in [9.17, 15) is 15.0 Å². The van der Waals surface area contributed by atoms with Crippen molar-refractivity contribution in [1.82, 2.24) is 5.32 Å². The van der Waals surface area contributed by atoms with Gasteiger partial charge in [0.1, 0.15) is 5.75 Å². The molecule has 1 aromatic rings. The van der Waals surface area contributed by atoms with Crippen LogP contribution in [0.15, 0.2) is 24.3 Å². The Hall–Kier alpha value is -1.55. The van der Waals surface area contributed by atoms with Crippen LogP contribution in [0, 0.1) is 5.92 Å². The zero-order chi connectivity index (χ0) is 15.1. The molecule has 0 saturated heterocycles. The second-order valence-corrected chi connectivity index (χ2v) is 6.01. The molecule has 3 N–H and O–H groups in total. The van der Waals surface area contributed by atoms with E-state index in [0.29, 0.717) is 18.8 Å². The van der Waals surface area contributed by atoms with Crippen LogP contribution in [0.25, 0.3) is 0 Å². The Morgan fingerprint density at radius 1 is 1.24 bits per heavy atom. The monoisotopic (exact) mass is 291 g/mol. The standard InChI is InChI=1S/C17H25NO3/c19-12-15(11-14-5-8-16(20)9-6-14)18-17(21)10-7-13-3-1-2-4-13/h5-6,8-9,13,15,19-20H,1-4,7,10-12H2,(H,18,21)/t15-/m0/s1. The molecule has 1 saturated carbocycles. The minimum absolute atomic E-state index is 0.0275. The molecule has 0 aromatic heterocycles. The van der Waals surface area contributed by atoms with E-state index in [1.165, 1.54) is 25.7 Å². The maximum Gasteiger partial charge on any atom is 0.220 e. The number of carbonyl (C=O) groups excluding carboxylic acids is 1. The van der Waals surface area contributed by atoms with Crippen molar-refractivity contribution in [3.05, 3.63) is 29.8 Å². The van der Waals surface area contributed by atoms with Gasteiger partial charge in [0.25, 0.3) is 0 Å². The lowest BCUT2D eigenvalue weighted by atomic mass is 10.0. The van der Waals surface area contributed by atoms with Gasteiger partial charge in [-0.1, -0.05) is 37.8 Å². The van der Waals surface area contributed by atoms with Crippen molar-refractivity contribution in [2.45, 2.75) is 51.0 Å². The van der Waals surface area contributed by atoms with Gasteiger partial charge in [-0.2, -0.15) is 0 Å². The molecule has 0 heterocycles. The zero-order valence-electron chi connectivity index (χ0n) is 12.4. The Kier molecular flexibility index (Phi) is 6.05. The van der Waals surface area contributed by atoms with Crippen LogP contribution in [0.1, 0.15) is 44.1 Å². The number of hydrogen-bond donors (Lipinski definition) is 3. The third-order valence-corrected chi connectivity index (χ3v) is 4.26. The van der Waals surface area contributed by atoms with Gasteiger partial charge in [0.15, 0.2) is 0 Å². The Morgan fingerprint density at radius 3 is 2.52 bits per heavy atom. The molecule has 0 radical (unpaired) electrons. The zero-order valence-corrected chi connectivity index (χ0v) is 12.4. The minimum Gasteiger partial charge on any atom is -0.508 e. The highest BCUT2D eigenvalue weighted by Gasteiger charge is 2.17. The largest absolute Gasteiger partial charge is 0.508 e. The number of hydrogen-bond acceptors (Lipinski definition) is 3. The van der Waals surface area contributed by atoms with Crippen molar-refractivity contribution in [2.24, 2.45) is 5.92 Å². The second kappa shape index (κ2) is 8.03. The van der Waals surface area contributed by atoms with Crippen LogP contribution in [0.2, 0.25) is 0 Å². The summed E-state index contributed by atoms with van der Waals surface area (Å²) in [4.78, 5) is 12.0. The summed E-state index contributed by atoms with van der Waals surface area (Å²) in [7, 11) is 0. The van der Waals surface area contributed by atoms with Gasteiger partial charge in [-0.25, -0.2) is 0 Å². The third kappa shape index (κ3) is 5.38. The summed E-state index contributed by atoms with van der Waals surface area (Å²) in [6, 6.07) is 6.59. The van der Waals surface area contributed by atoms with Crippen molar-refractivity contribution < 1.29 is 15.0 Å². The smallest absolute Gasteiger partial charge is 0.220 e. The van der Waals surface area contributed by atoms with E-state index >= 15 is 0 Å². The lowest BCUT2D eigenvalue weighted by Gasteiger charge is -2.17. The number of phenols is 1. The molecule has 4 nitrogen and oxygen atoms in total. The van der Waals surface area contributed by atoms with Crippen LogP contribution >= 0.6 is 0 Å². The highest BCUT2D eigenvalue weighted by atomic mass is 16.3. The molecular weight excluding hydrogens is 266 g/mol. The normalized spacial score (nSPS) is 16.8. The van der Waals surface area contributed by atoms with Gasteiger partial charge in [0.2, 0.25) is 5.91 Å². The number of rotatable bonds is 7. The van der Waals surface area contributed by atoms with Gasteiger partial charge in [0.05, 0.1) is 12.6 Å². The van der Waals surface area contributed by atoms with Gasteiger partial charge >= 0.3 is 0 Å². The van der Waals surface area contributed by atoms with E-state index in [1.807, 2.05) is 12.1 Å². The summed E-state index contributed by atoms with van der Waals surface area (Å²) in [6.07, 6.45) is 7.19. The second-order valence-electron chi connectivity index (χ2n) is 6.01. The molecule has 0 unspecified atom stereocenters. The minimum atomic E-state index is -0.259. The first-order valence-corrected chi connectivity index (χ1v) is 7.85. The summed E-state index contributed by atoms with van der Waals surface area (Å²) in [5, 5.41) is 21.6. The van der Waals surface area contributed by atoms with Crippen LogP contribution in [0.4, 0.5) is 0 Å². The Bertz CT molecular complexity index is 438. The van der Waals surface area contributed by atoms with Crippen LogP contribution in [0.3, 0.4) is 0 Å². The number of nitrogens with one attached hydrogen (secondary N) is 1. The highest BCUT2D eigenvalue weighted by Crippen LogP contribution is 2.28. The fourth-order valence-corrected chi connectivity index (χ4v) is 3.01. The van der Waals surface area contributed by atoms with Gasteiger partial charge in [-0.05, 0) is 36.5 Å². The van der Waals surface area contributed by atoms with Crippen LogP contribution in [-0.4, -0.2) is 28.8 Å². The van der Waals surface area contributed by atoms with E-state index in [1.54, 1.807) is 12.1 Å². The van der Waals surface area contributed by atoms with Crippen LogP contribution in [-0.2, 0) is 11.2 Å². The van der Waals surface area contributed by atoms with E-state index in [0.717, 1.165) is 12.0 Å². The van der Waals surface area contributed by atoms with Crippen molar-refractivity contribution in [1.29, 1.82) is 0 Å². The molecule has 116 valence electrons. The molecule has 21 heavy (non-hydrogen) atoms. The molecule has 1 amide bonds. The maximum atomic E-state index is 12.0. The lowest BCUT2D eigenvalue weighted by molar-refractivity contribution is -0.122. The Morgan fingerprint density at radius 2 is 1.90 bits per heavy atom. The molecule has 4 heteroatoms. The summed E-state index contributed by atoms with van der Waals surface area (Å²) in [6.45, 7) is -0.0734. The highest BCUT2D eigenvalue weighted by molar-refractivity contribution is 5.76. The van der Waals surface area contributed by atoms with Gasteiger partial charge in [0, 0.05) is 6.42 Å². The van der Waals surface area contributed by atoms with Crippen molar-refractivity contribution in [3.8, 4) is 5.75 Å². The molecule has 1 fully saturated rings. The Labute approximate surface area is 126 Å². The average Bonchev–Trinajstić information content (AvgIpc) is 3.00. The summed E-state index contributed by atoms with van der Waals surface area (Å²) in [5.41, 5.74) is 0.989. The molecule has 1 aliphatic carbocycles. The molecule has 0 aliphatic heterocycles. The molecule has 0 bridgehead atoms. The van der Waals surface area contributed by atoms with Crippen LogP contribution in [0.5, 0.6) is 5.75 Å². The first-order valence-electron chi connectivity index (χ1n) is 7.85. The fourth-order valence-electron chi connectivity index (χ4n) is 3.01. The molecule has 1 aliphatic rings. The lowest BCUT2D eigenvalue weighted by Crippen LogP contribution is -2.39. The van der Waals surface area contributed by atoms with Crippen molar-refractivity contribution in [2.75, 3.05) is 6.61 Å². The van der Waals surface area contributed by atoms with Gasteiger partial charge in [-0.15, -0.1) is 0 Å². The SMILES string of the molecule is O=C(CCC1CCCC1)N[C@H](CO)Cc1ccc(O)cc1. The van der Waals surface area contributed by atoms with Gasteiger partial charge < -0.3 is 15.5 Å². The quantitative estimate of drug-likeness (QED) is 0.722. The predicted octanol–water partition coefficient (Wildman–Crippen LogP) is 2.38. The molecule has 1 aromatic carbocycles. The molecule has 2 rings (SSSR count). The van der Waals surface area contributed by atoms with E-state index in [-0.39, 0.29) is 24.3 Å². The van der Waals surface area contributed by atoms with Crippen molar-refractivity contribution in [3.63, 3.8) is 0 Å². The van der Waals surface area contributed by atoms with E-state index < -0.39 is 0 Å². The average molecular weight is 291 g/mol. The first-order chi connectivity index (χ1) is 10.2. The number of aliphatic hydroxyl groups is 1. The number of aromatic hydroxyl groups is 1. The number of amides is 1. The number of aliphatic hydroxyl groups excluding tert-OH is 1. The van der Waals surface area contributed by atoms with E-state index in [4.69, 9.17) is 0 Å². The number of benzene rings is 1. The molecular formula is C17H25NO3. The summed E-state index contributed by atoms with van der Waals surface area (Å²) in [5.74, 6) is 0.958. The first kappa shape index (κ1) is 15.8. The Balaban J connectivity index is 1.75.